The highest BCUT2D eigenvalue weighted by atomic mass is 16.6. The molecule has 21 heavy (non-hydrogen) atoms. The second-order valence-electron chi connectivity index (χ2n) is 4.35. The van der Waals surface area contributed by atoms with E-state index in [1.165, 1.54) is 0 Å². The largest absolute Gasteiger partial charge is 0.450 e. The van der Waals surface area contributed by atoms with Crippen LogP contribution in [-0.4, -0.2) is 56.5 Å². The first-order valence-corrected chi connectivity index (χ1v) is 6.39. The predicted octanol–water partition coefficient (Wildman–Crippen LogP) is -1.15. The van der Waals surface area contributed by atoms with E-state index in [1.807, 2.05) is 0 Å². The number of carbonyl (C=O) groups excluding carboxylic acids is 1. The Morgan fingerprint density at radius 3 is 3.00 bits per heavy atom. The smallest absolute Gasteiger partial charge is 0.412 e. The van der Waals surface area contributed by atoms with Crippen molar-refractivity contribution in [1.29, 1.82) is 0 Å². The third kappa shape index (κ3) is 3.54. The molecule has 2 heterocycles. The maximum atomic E-state index is 11.9. The number of hydrogen-bond acceptors (Lipinski definition) is 8. The predicted molar refractivity (Wildman–Crippen MR) is 68.6 cm³/mol. The van der Waals surface area contributed by atoms with Crippen molar-refractivity contribution >= 4 is 11.9 Å². The molecule has 0 bridgehead atoms. The minimum atomic E-state index is -1.02. The first-order valence-electron chi connectivity index (χ1n) is 6.39. The van der Waals surface area contributed by atoms with Gasteiger partial charge in [-0.1, -0.05) is 0 Å². The number of aliphatic hydroxyl groups excluding tert-OH is 2. The average Bonchev–Trinajstić information content (AvgIpc) is 2.80. The third-order valence-corrected chi connectivity index (χ3v) is 2.83. The number of aromatic nitrogens is 3. The topological polar surface area (TPSA) is 136 Å². The van der Waals surface area contributed by atoms with E-state index in [4.69, 9.17) is 9.84 Å². The Bertz CT molecular complexity index is 562. The van der Waals surface area contributed by atoms with E-state index in [9.17, 15) is 14.7 Å². The summed E-state index contributed by atoms with van der Waals surface area (Å²) in [5, 5.41) is 24.8. The summed E-state index contributed by atoms with van der Waals surface area (Å²) >= 11 is 0. The van der Waals surface area contributed by atoms with Crippen molar-refractivity contribution in [1.82, 2.24) is 14.8 Å². The number of nitrogens with one attached hydrogen (secondary N) is 1. The number of hydrogen-bond donors (Lipinski definition) is 3. The third-order valence-electron chi connectivity index (χ3n) is 2.83. The number of aliphatic hydroxyl groups is 2. The lowest BCUT2D eigenvalue weighted by molar-refractivity contribution is -0.0603. The molecule has 10 nitrogen and oxygen atoms in total. The lowest BCUT2D eigenvalue weighted by Crippen LogP contribution is -2.34. The molecule has 1 aromatic rings. The van der Waals surface area contributed by atoms with E-state index >= 15 is 0 Å². The van der Waals surface area contributed by atoms with Gasteiger partial charge in [-0.2, -0.15) is 14.8 Å². The zero-order chi connectivity index (χ0) is 15.4. The highest BCUT2D eigenvalue weighted by Crippen LogP contribution is 2.26. The van der Waals surface area contributed by atoms with Crippen molar-refractivity contribution in [2.24, 2.45) is 0 Å². The molecule has 0 radical (unpaired) electrons. The van der Waals surface area contributed by atoms with Gasteiger partial charge < -0.3 is 19.7 Å². The number of amides is 1. The minimum Gasteiger partial charge on any atom is -0.450 e. The molecule has 10 heteroatoms. The molecular formula is C11H16N4O6. The number of nitrogens with zero attached hydrogens (tertiary/aromatic N) is 3. The van der Waals surface area contributed by atoms with Crippen LogP contribution in [0.2, 0.25) is 0 Å². The summed E-state index contributed by atoms with van der Waals surface area (Å²) in [6, 6.07) is 0. The van der Waals surface area contributed by atoms with Gasteiger partial charge in [0.15, 0.2) is 12.0 Å². The Balaban J connectivity index is 2.13. The lowest BCUT2D eigenvalue weighted by Gasteiger charge is -2.15. The molecule has 3 atom stereocenters. The Kier molecular flexibility index (Phi) is 4.83. The summed E-state index contributed by atoms with van der Waals surface area (Å²) in [5.74, 6) is -0.0686. The maximum Gasteiger partial charge on any atom is 0.412 e. The molecule has 0 saturated carbocycles. The first-order chi connectivity index (χ1) is 10.0. The van der Waals surface area contributed by atoms with Gasteiger partial charge in [0.1, 0.15) is 6.10 Å². The maximum absolute atomic E-state index is 11.9. The van der Waals surface area contributed by atoms with Crippen molar-refractivity contribution < 1.29 is 24.5 Å². The monoisotopic (exact) mass is 300 g/mol. The van der Waals surface area contributed by atoms with E-state index in [-0.39, 0.29) is 25.5 Å². The van der Waals surface area contributed by atoms with Gasteiger partial charge in [-0.05, 0) is 6.92 Å². The summed E-state index contributed by atoms with van der Waals surface area (Å²) in [7, 11) is 0. The van der Waals surface area contributed by atoms with E-state index in [2.05, 4.69) is 20.1 Å². The van der Waals surface area contributed by atoms with Gasteiger partial charge in [0.25, 0.3) is 0 Å². The average molecular weight is 300 g/mol. The SMILES string of the molecule is CCOC(=O)Nc1cnn([C@@H]2O[C@H](CO)C[C@H]2O)c(=O)n1. The Morgan fingerprint density at radius 2 is 2.43 bits per heavy atom. The van der Waals surface area contributed by atoms with Crippen LogP contribution < -0.4 is 11.0 Å². The molecule has 0 unspecified atom stereocenters. The van der Waals surface area contributed by atoms with Crippen LogP contribution in [0.25, 0.3) is 0 Å². The normalized spacial score (nSPS) is 24.8. The molecule has 2 rings (SSSR count). The highest BCUT2D eigenvalue weighted by molar-refractivity contribution is 5.82. The van der Waals surface area contributed by atoms with Crippen LogP contribution in [0.5, 0.6) is 0 Å². The highest BCUT2D eigenvalue weighted by Gasteiger charge is 2.36. The van der Waals surface area contributed by atoms with E-state index in [0.717, 1.165) is 10.9 Å². The second-order valence-corrected chi connectivity index (χ2v) is 4.35. The van der Waals surface area contributed by atoms with Crippen molar-refractivity contribution in [3.8, 4) is 0 Å². The van der Waals surface area contributed by atoms with E-state index in [0.29, 0.717) is 0 Å². The van der Waals surface area contributed by atoms with Gasteiger partial charge in [0.05, 0.1) is 25.5 Å². The number of ether oxygens (including phenoxy) is 2. The standard InChI is InChI=1S/C11H16N4O6/c1-2-20-11(19)14-8-4-12-15(10(18)13-8)9-7(17)3-6(5-16)21-9/h4,6-7,9,16-17H,2-3,5H2,1H3,(H,13,14,18,19)/t6-,7+,9+/m0/s1. The van der Waals surface area contributed by atoms with Crippen LogP contribution >= 0.6 is 0 Å². The molecule has 0 aromatic carbocycles. The molecule has 1 fully saturated rings. The zero-order valence-corrected chi connectivity index (χ0v) is 11.3. The fourth-order valence-electron chi connectivity index (χ4n) is 1.92. The van der Waals surface area contributed by atoms with Gasteiger partial charge >= 0.3 is 11.8 Å². The Hall–Kier alpha value is -2.04. The molecular weight excluding hydrogens is 284 g/mol. The molecule has 3 N–H and O–H groups in total. The zero-order valence-electron chi connectivity index (χ0n) is 11.3. The molecule has 0 spiro atoms. The number of anilines is 1. The summed E-state index contributed by atoms with van der Waals surface area (Å²) in [4.78, 5) is 26.7. The minimum absolute atomic E-state index is 0.0686. The number of rotatable bonds is 4. The Labute approximate surface area is 119 Å². The van der Waals surface area contributed by atoms with Crippen LogP contribution in [0.3, 0.4) is 0 Å². The molecule has 1 amide bonds. The van der Waals surface area contributed by atoms with Crippen LogP contribution in [0.4, 0.5) is 10.6 Å². The fraction of sp³-hybridized carbons (Fsp3) is 0.636. The molecule has 1 saturated heterocycles. The first kappa shape index (κ1) is 15.4. The van der Waals surface area contributed by atoms with Crippen molar-refractivity contribution in [2.75, 3.05) is 18.5 Å². The van der Waals surface area contributed by atoms with Crippen molar-refractivity contribution in [2.45, 2.75) is 31.8 Å². The summed E-state index contributed by atoms with van der Waals surface area (Å²) in [6.45, 7) is 1.55. The van der Waals surface area contributed by atoms with Crippen molar-refractivity contribution in [3.05, 3.63) is 16.7 Å². The van der Waals surface area contributed by atoms with Gasteiger partial charge in [-0.15, -0.1) is 0 Å². The lowest BCUT2D eigenvalue weighted by atomic mass is 10.2. The van der Waals surface area contributed by atoms with Gasteiger partial charge in [-0.3, -0.25) is 5.32 Å². The van der Waals surface area contributed by atoms with Crippen LogP contribution in [0.15, 0.2) is 11.0 Å². The van der Waals surface area contributed by atoms with Gasteiger partial charge in [0.2, 0.25) is 0 Å². The summed E-state index contributed by atoms with van der Waals surface area (Å²) in [5.41, 5.74) is -0.799. The summed E-state index contributed by atoms with van der Waals surface area (Å²) < 4.78 is 10.8. The van der Waals surface area contributed by atoms with Gasteiger partial charge in [0, 0.05) is 6.42 Å². The number of carbonyl (C=O) groups is 1. The van der Waals surface area contributed by atoms with E-state index < -0.39 is 30.2 Å². The molecule has 1 aliphatic rings. The van der Waals surface area contributed by atoms with Crippen molar-refractivity contribution in [3.63, 3.8) is 0 Å². The molecule has 1 aromatic heterocycles. The molecule has 1 aliphatic heterocycles. The fourth-order valence-corrected chi connectivity index (χ4v) is 1.92. The van der Waals surface area contributed by atoms with Crippen LogP contribution in [0, 0.1) is 0 Å². The van der Waals surface area contributed by atoms with Crippen LogP contribution in [-0.2, 0) is 9.47 Å². The molecule has 116 valence electrons. The second kappa shape index (κ2) is 6.61. The Morgan fingerprint density at radius 1 is 1.67 bits per heavy atom. The van der Waals surface area contributed by atoms with Crippen LogP contribution in [0.1, 0.15) is 19.6 Å². The quantitative estimate of drug-likeness (QED) is 0.634. The molecule has 0 aliphatic carbocycles. The summed E-state index contributed by atoms with van der Waals surface area (Å²) in [6.07, 6.45) is -1.96. The van der Waals surface area contributed by atoms with E-state index in [1.54, 1.807) is 6.92 Å². The van der Waals surface area contributed by atoms with Gasteiger partial charge in [-0.25, -0.2) is 9.59 Å².